The molecular formula is C8H11FN4O2S. The predicted octanol–water partition coefficient (Wildman–Crippen LogP) is -0.0420. The van der Waals surface area contributed by atoms with Crippen LogP contribution in [0.2, 0.25) is 0 Å². The van der Waals surface area contributed by atoms with Gasteiger partial charge >= 0.3 is 10.2 Å². The molecule has 8 heteroatoms. The Labute approximate surface area is 92.1 Å². The predicted molar refractivity (Wildman–Crippen MR) is 52.2 cm³/mol. The molecule has 0 aromatic carbocycles. The van der Waals surface area contributed by atoms with Gasteiger partial charge in [-0.15, -0.1) is 10.2 Å². The standard InChI is InChI=1S/C8H11FN4O2S/c9-16(14,15)8-12-11-7(5-3-10-4-5)13(8)6-1-2-6/h5-6,10H,1-4H2. The number of nitrogens with one attached hydrogen (secondary N) is 1. The van der Waals surface area contributed by atoms with Crippen molar-refractivity contribution in [2.75, 3.05) is 13.1 Å². The molecule has 1 aromatic rings. The summed E-state index contributed by atoms with van der Waals surface area (Å²) in [5, 5.41) is 9.83. The fourth-order valence-electron chi connectivity index (χ4n) is 1.88. The van der Waals surface area contributed by atoms with Gasteiger partial charge in [-0.3, -0.25) is 4.57 Å². The molecule has 0 radical (unpaired) electrons. The lowest BCUT2D eigenvalue weighted by Gasteiger charge is -2.26. The van der Waals surface area contributed by atoms with Gasteiger partial charge in [0.15, 0.2) is 0 Å². The van der Waals surface area contributed by atoms with Crippen molar-refractivity contribution in [1.82, 2.24) is 20.1 Å². The quantitative estimate of drug-likeness (QED) is 0.757. The highest BCUT2D eigenvalue weighted by Crippen LogP contribution is 2.39. The zero-order chi connectivity index (χ0) is 11.3. The molecule has 0 atom stereocenters. The van der Waals surface area contributed by atoms with Crippen LogP contribution in [-0.4, -0.2) is 36.3 Å². The van der Waals surface area contributed by atoms with Crippen molar-refractivity contribution in [2.45, 2.75) is 30.0 Å². The Morgan fingerprint density at radius 2 is 2.00 bits per heavy atom. The zero-order valence-electron chi connectivity index (χ0n) is 8.43. The number of nitrogens with zero attached hydrogens (tertiary/aromatic N) is 3. The van der Waals surface area contributed by atoms with E-state index in [9.17, 15) is 12.3 Å². The van der Waals surface area contributed by atoms with Gasteiger partial charge in [0, 0.05) is 25.0 Å². The molecule has 1 N–H and O–H groups in total. The van der Waals surface area contributed by atoms with Crippen molar-refractivity contribution in [2.24, 2.45) is 0 Å². The third kappa shape index (κ3) is 1.52. The Morgan fingerprint density at radius 3 is 2.44 bits per heavy atom. The van der Waals surface area contributed by atoms with Crippen molar-refractivity contribution in [3.8, 4) is 0 Å². The maximum absolute atomic E-state index is 13.0. The van der Waals surface area contributed by atoms with E-state index in [1.807, 2.05) is 0 Å². The van der Waals surface area contributed by atoms with Crippen LogP contribution < -0.4 is 5.32 Å². The topological polar surface area (TPSA) is 76.9 Å². The second-order valence-corrected chi connectivity index (χ2v) is 5.48. The Morgan fingerprint density at radius 1 is 1.31 bits per heavy atom. The molecule has 1 aromatic heterocycles. The van der Waals surface area contributed by atoms with Gasteiger partial charge in [-0.25, -0.2) is 0 Å². The number of halogens is 1. The number of hydrogen-bond donors (Lipinski definition) is 1. The lowest BCUT2D eigenvalue weighted by molar-refractivity contribution is 0.408. The number of aromatic nitrogens is 3. The average molecular weight is 246 g/mol. The highest BCUT2D eigenvalue weighted by atomic mass is 32.3. The van der Waals surface area contributed by atoms with Crippen molar-refractivity contribution in [1.29, 1.82) is 0 Å². The second kappa shape index (κ2) is 3.24. The molecule has 0 amide bonds. The molecule has 3 rings (SSSR count). The Bertz CT molecular complexity index is 518. The van der Waals surface area contributed by atoms with Crippen LogP contribution in [-0.2, 0) is 10.2 Å². The lowest BCUT2D eigenvalue weighted by Crippen LogP contribution is -2.41. The molecule has 6 nitrogen and oxygen atoms in total. The van der Waals surface area contributed by atoms with Gasteiger partial charge in [-0.1, -0.05) is 3.89 Å². The molecule has 1 aliphatic heterocycles. The first-order valence-corrected chi connectivity index (χ1v) is 6.56. The van der Waals surface area contributed by atoms with Crippen molar-refractivity contribution >= 4 is 10.2 Å². The molecular weight excluding hydrogens is 235 g/mol. The van der Waals surface area contributed by atoms with Crippen LogP contribution in [0.25, 0.3) is 0 Å². The number of hydrogen-bond acceptors (Lipinski definition) is 5. The van der Waals surface area contributed by atoms with Gasteiger partial charge in [-0.05, 0) is 12.8 Å². The van der Waals surface area contributed by atoms with Crippen LogP contribution in [0.1, 0.15) is 30.6 Å². The normalized spacial score (nSPS) is 22.1. The van der Waals surface area contributed by atoms with Crippen molar-refractivity contribution < 1.29 is 12.3 Å². The van der Waals surface area contributed by atoms with Gasteiger partial charge in [0.05, 0.1) is 0 Å². The highest BCUT2D eigenvalue weighted by Gasteiger charge is 2.37. The van der Waals surface area contributed by atoms with Crippen LogP contribution in [0, 0.1) is 0 Å². The van der Waals surface area contributed by atoms with Crippen LogP contribution in [0.5, 0.6) is 0 Å². The summed E-state index contributed by atoms with van der Waals surface area (Å²) in [5.74, 6) is 0.751. The van der Waals surface area contributed by atoms with Crippen molar-refractivity contribution in [3.63, 3.8) is 0 Å². The summed E-state index contributed by atoms with van der Waals surface area (Å²) in [4.78, 5) is 0. The van der Waals surface area contributed by atoms with Gasteiger partial charge < -0.3 is 5.32 Å². The maximum atomic E-state index is 13.0. The first-order valence-electron chi connectivity index (χ1n) is 5.17. The third-order valence-electron chi connectivity index (χ3n) is 2.97. The minimum atomic E-state index is -4.77. The summed E-state index contributed by atoms with van der Waals surface area (Å²) in [6.07, 6.45) is 1.74. The molecule has 2 heterocycles. The SMILES string of the molecule is O=S(=O)(F)c1nnc(C2CNC2)n1C1CC1. The zero-order valence-corrected chi connectivity index (χ0v) is 9.24. The largest absolute Gasteiger partial charge is 0.368 e. The van der Waals surface area contributed by atoms with Crippen molar-refractivity contribution in [3.05, 3.63) is 5.82 Å². The molecule has 0 unspecified atom stereocenters. The highest BCUT2D eigenvalue weighted by molar-refractivity contribution is 7.86. The second-order valence-electron chi connectivity index (χ2n) is 4.23. The van der Waals surface area contributed by atoms with E-state index in [0.717, 1.165) is 25.9 Å². The summed E-state index contributed by atoms with van der Waals surface area (Å²) < 4.78 is 36.3. The van der Waals surface area contributed by atoms with E-state index in [0.29, 0.717) is 5.82 Å². The first kappa shape index (κ1) is 10.2. The molecule has 1 saturated carbocycles. The summed E-state index contributed by atoms with van der Waals surface area (Å²) in [6, 6.07) is 0.0612. The summed E-state index contributed by atoms with van der Waals surface area (Å²) in [5.41, 5.74) is 0. The number of rotatable bonds is 3. The molecule has 88 valence electrons. The minimum Gasteiger partial charge on any atom is -0.315 e. The molecule has 0 spiro atoms. The van der Waals surface area contributed by atoms with Crippen LogP contribution in [0.4, 0.5) is 3.89 Å². The molecule has 16 heavy (non-hydrogen) atoms. The van der Waals surface area contributed by atoms with Crippen LogP contribution in [0.15, 0.2) is 5.16 Å². The average Bonchev–Trinajstić information content (AvgIpc) is 2.83. The van der Waals surface area contributed by atoms with Gasteiger partial charge in [0.2, 0.25) is 0 Å². The van der Waals surface area contributed by atoms with E-state index in [1.165, 1.54) is 4.57 Å². The van der Waals surface area contributed by atoms with Gasteiger partial charge in [0.25, 0.3) is 5.16 Å². The van der Waals surface area contributed by atoms with E-state index >= 15 is 0 Å². The minimum absolute atomic E-state index is 0.0612. The van der Waals surface area contributed by atoms with Crippen LogP contribution >= 0.6 is 0 Å². The smallest absolute Gasteiger partial charge is 0.315 e. The van der Waals surface area contributed by atoms with E-state index in [1.54, 1.807) is 0 Å². The Kier molecular flexibility index (Phi) is 2.05. The molecule has 0 bridgehead atoms. The molecule has 1 saturated heterocycles. The Balaban J connectivity index is 2.08. The molecule has 2 fully saturated rings. The van der Waals surface area contributed by atoms with E-state index in [2.05, 4.69) is 15.5 Å². The van der Waals surface area contributed by atoms with Gasteiger partial charge in [0.1, 0.15) is 5.82 Å². The van der Waals surface area contributed by atoms with E-state index < -0.39 is 15.4 Å². The third-order valence-corrected chi connectivity index (χ3v) is 3.68. The molecule has 2 aliphatic rings. The summed E-state index contributed by atoms with van der Waals surface area (Å²) in [6.45, 7) is 1.49. The maximum Gasteiger partial charge on any atom is 0.368 e. The van der Waals surface area contributed by atoms with Gasteiger partial charge in [-0.2, -0.15) is 8.42 Å². The van der Waals surface area contributed by atoms with E-state index in [-0.39, 0.29) is 12.0 Å². The fraction of sp³-hybridized carbons (Fsp3) is 0.750. The fourth-order valence-corrected chi connectivity index (χ4v) is 2.50. The van der Waals surface area contributed by atoms with Crippen LogP contribution in [0.3, 0.4) is 0 Å². The Hall–Kier alpha value is -1.02. The van der Waals surface area contributed by atoms with E-state index in [4.69, 9.17) is 0 Å². The monoisotopic (exact) mass is 246 g/mol. The lowest BCUT2D eigenvalue weighted by atomic mass is 10.0. The molecule has 1 aliphatic carbocycles. The summed E-state index contributed by atoms with van der Waals surface area (Å²) in [7, 11) is -4.77. The first-order chi connectivity index (χ1) is 7.57. The summed E-state index contributed by atoms with van der Waals surface area (Å²) >= 11 is 0.